The zero-order valence-electron chi connectivity index (χ0n) is 46.1. The Bertz CT molecular complexity index is 3400. The number of aliphatic hydroxyl groups excluding tert-OH is 4. The number of rotatable bonds is 24. The molecule has 450 valence electrons. The molecule has 9 rings (SSSR count). The van der Waals surface area contributed by atoms with Crippen molar-refractivity contribution < 1.29 is 83.5 Å². The molecule has 26 nitrogen and oxygen atoms in total. The average Bonchev–Trinajstić information content (AvgIpc) is 0.749. The van der Waals surface area contributed by atoms with Crippen LogP contribution >= 0.6 is 0 Å². The number of guanidine groups is 1. The normalized spacial score (nSPS) is 25.4. The zero-order chi connectivity index (χ0) is 60.1. The number of ether oxygens (including phenoxy) is 3. The lowest BCUT2D eigenvalue weighted by atomic mass is 9.66. The van der Waals surface area contributed by atoms with Crippen LogP contribution in [0.15, 0.2) is 99.6 Å². The summed E-state index contributed by atoms with van der Waals surface area (Å²) in [5.41, 5.74) is -0.450. The number of carboxylic acids is 1. The lowest BCUT2D eigenvalue weighted by Crippen LogP contribution is -2.86. The maximum Gasteiger partial charge on any atom is 0.337 e. The first-order valence-electron chi connectivity index (χ1n) is 27.5. The first-order valence-corrected chi connectivity index (χ1v) is 27.5. The third-order valence-corrected chi connectivity index (χ3v) is 16.0. The molecule has 0 saturated carbocycles. The van der Waals surface area contributed by atoms with Gasteiger partial charge in [0.15, 0.2) is 28.7 Å². The SMILES string of the molecule is Cc1cc(C)cc(-c2c3[nH]ccc3cn2O[C@@H]2[C@@H](Oc3ccc4c(=O)c(-c5ccc(O)cc5)coc4c3)O[C@@H]([C@](CO)(NC(N)=N[C@@H](C=O)[C@H]3CC[C@@H]4CNCC[C@@H]4N3)OC(=O)[C@H](NCCC=O)C(=O)O)[C@@](O)(CO)[C@]2(O)[C@H](O)CCCO)c1. The highest BCUT2D eigenvalue weighted by Crippen LogP contribution is 2.47. The lowest BCUT2D eigenvalue weighted by molar-refractivity contribution is -0.400. The molecule has 12 atom stereocenters. The van der Waals surface area contributed by atoms with E-state index < -0.39 is 109 Å². The van der Waals surface area contributed by atoms with Gasteiger partial charge in [-0.2, -0.15) is 4.73 Å². The average molecular weight is 1170 g/mol. The van der Waals surface area contributed by atoms with Crippen LogP contribution in [0.25, 0.3) is 44.3 Å². The van der Waals surface area contributed by atoms with Crippen LogP contribution in [0.1, 0.15) is 49.7 Å². The van der Waals surface area contributed by atoms with Gasteiger partial charge < -0.3 is 101 Å². The molecule has 0 spiro atoms. The van der Waals surface area contributed by atoms with Crippen molar-refractivity contribution in [3.05, 3.63) is 107 Å². The molecule has 3 saturated heterocycles. The number of carbonyl (C=O) groups excluding carboxylic acids is 3. The highest BCUT2D eigenvalue weighted by atomic mass is 16.8. The number of carboxylic acid groups (broad SMARTS) is 1. The Morgan fingerprint density at radius 2 is 1.77 bits per heavy atom. The standard InChI is InChI=1S/C58H70N8O18/c1-31-21-32(2)23-36(22-31)48-46-35(14-18-62-46)26-66(48)84-50-53(81-38-11-12-39-44(24-38)80-28-40(49(39)74)33-6-9-37(72)10-7-33)82-54(56(78,29-70)58(50,79)45(73)5-3-19-67)57(30-71,83-52(77)47(51(75)76)61-16-4-20-68)65-55(59)64-43(27-69)42-13-8-34-25-60-17-15-41(34)63-42/h6-7,9-12,14,18,20-24,26-28,34,41-43,45,47,50,53-54,60-63,67,70-73,78-79H,3-5,8,13,15-17,19,25,29-30H2,1-2H3,(H,75,76)(H3,59,64,65)/t34-,41+,42-,43+,45-,47-,50-,53+,54-,56+,57-,58+/m1/s1. The zero-order valence-corrected chi connectivity index (χ0v) is 46.1. The summed E-state index contributed by atoms with van der Waals surface area (Å²) in [5, 5.41) is 106. The predicted molar refractivity (Wildman–Crippen MR) is 301 cm³/mol. The molecule has 0 unspecified atom stereocenters. The van der Waals surface area contributed by atoms with Crippen molar-refractivity contribution >= 4 is 52.3 Å². The van der Waals surface area contributed by atoms with E-state index in [1.54, 1.807) is 12.3 Å². The second-order valence-electron chi connectivity index (χ2n) is 21.6. The summed E-state index contributed by atoms with van der Waals surface area (Å²) in [4.78, 5) is 80.0. The number of hydrogen-bond donors (Lipinski definition) is 14. The summed E-state index contributed by atoms with van der Waals surface area (Å²) in [6.45, 7) is 0.959. The van der Waals surface area contributed by atoms with Gasteiger partial charge in [0.1, 0.15) is 54.3 Å². The molecular weight excluding hydrogens is 1100 g/mol. The minimum atomic E-state index is -3.51. The molecule has 6 aromatic rings. The van der Waals surface area contributed by atoms with Gasteiger partial charge in [0.25, 0.3) is 0 Å². The number of hydrogen-bond acceptors (Lipinski definition) is 21. The summed E-state index contributed by atoms with van der Waals surface area (Å²) in [5.74, 6) is -4.38. The number of nitrogens with two attached hydrogens (primary N) is 1. The van der Waals surface area contributed by atoms with Gasteiger partial charge in [-0.1, -0.05) is 29.3 Å². The quantitative estimate of drug-likeness (QED) is 0.00720. The van der Waals surface area contributed by atoms with Crippen LogP contribution < -0.4 is 42.0 Å². The van der Waals surface area contributed by atoms with E-state index in [2.05, 4.69) is 31.2 Å². The Balaban J connectivity index is 1.23. The number of aromatic nitrogens is 2. The largest absolute Gasteiger partial charge is 0.508 e. The van der Waals surface area contributed by atoms with E-state index in [1.807, 2.05) is 32.0 Å². The molecule has 84 heavy (non-hydrogen) atoms. The van der Waals surface area contributed by atoms with Crippen LogP contribution in [-0.4, -0.2) is 186 Å². The van der Waals surface area contributed by atoms with E-state index in [0.717, 1.165) is 24.1 Å². The molecule has 3 fully saturated rings. The summed E-state index contributed by atoms with van der Waals surface area (Å²) in [6.07, 6.45) is -3.49. The van der Waals surface area contributed by atoms with Crippen LogP contribution in [0.2, 0.25) is 0 Å². The Hall–Kier alpha value is -7.76. The number of aldehydes is 2. The van der Waals surface area contributed by atoms with Crippen molar-refractivity contribution in [1.82, 2.24) is 31.0 Å². The summed E-state index contributed by atoms with van der Waals surface area (Å²) >= 11 is 0. The van der Waals surface area contributed by atoms with Crippen LogP contribution in [0.4, 0.5) is 0 Å². The van der Waals surface area contributed by atoms with Crippen molar-refractivity contribution in [2.24, 2.45) is 16.6 Å². The number of aromatic amines is 1. The maximum absolute atomic E-state index is 14.5. The number of aliphatic imine (C=N–C) groups is 1. The molecular formula is C58H70N8O18. The van der Waals surface area contributed by atoms with Crippen molar-refractivity contribution in [2.45, 2.75) is 118 Å². The van der Waals surface area contributed by atoms with Crippen LogP contribution in [-0.2, 0) is 28.7 Å². The van der Waals surface area contributed by atoms with Gasteiger partial charge in [0.05, 0.1) is 35.4 Å². The van der Waals surface area contributed by atoms with E-state index >= 15 is 0 Å². The fourth-order valence-corrected chi connectivity index (χ4v) is 11.8. The third kappa shape index (κ3) is 12.0. The monoisotopic (exact) mass is 1170 g/mol. The number of phenolic OH excluding ortho intramolecular Hbond substituents is 1. The van der Waals surface area contributed by atoms with E-state index in [-0.39, 0.29) is 59.4 Å². The number of aryl methyl sites for hydroxylation is 2. The number of phenols is 1. The van der Waals surface area contributed by atoms with Gasteiger partial charge in [-0.15, -0.1) is 0 Å². The molecule has 0 bridgehead atoms. The highest BCUT2D eigenvalue weighted by molar-refractivity contribution is 5.98. The molecule has 6 heterocycles. The molecule has 3 aliphatic rings. The van der Waals surface area contributed by atoms with Crippen LogP contribution in [0.3, 0.4) is 0 Å². The second-order valence-corrected chi connectivity index (χ2v) is 21.6. The summed E-state index contributed by atoms with van der Waals surface area (Å²) in [6, 6.07) is 12.9. The number of esters is 1. The van der Waals surface area contributed by atoms with Crippen molar-refractivity contribution in [3.63, 3.8) is 0 Å². The number of benzene rings is 3. The van der Waals surface area contributed by atoms with Crippen molar-refractivity contribution in [2.75, 3.05) is 39.5 Å². The Morgan fingerprint density at radius 3 is 2.46 bits per heavy atom. The van der Waals surface area contributed by atoms with E-state index in [4.69, 9.17) is 29.2 Å². The summed E-state index contributed by atoms with van der Waals surface area (Å²) < 4.78 is 26.4. The number of piperidine rings is 2. The van der Waals surface area contributed by atoms with Gasteiger partial charge in [-0.25, -0.2) is 14.6 Å². The van der Waals surface area contributed by atoms with E-state index in [9.17, 15) is 64.8 Å². The van der Waals surface area contributed by atoms with Gasteiger partial charge >= 0.3 is 11.9 Å². The van der Waals surface area contributed by atoms with Crippen molar-refractivity contribution in [1.29, 1.82) is 0 Å². The number of aliphatic carboxylic acids is 1. The van der Waals surface area contributed by atoms with Crippen LogP contribution in [0, 0.1) is 19.8 Å². The number of aliphatic hydroxyl groups is 6. The molecule has 3 aromatic carbocycles. The minimum Gasteiger partial charge on any atom is -0.508 e. The maximum atomic E-state index is 14.5. The first-order chi connectivity index (χ1) is 40.3. The molecule has 3 aromatic heterocycles. The number of aromatic hydroxyl groups is 1. The molecule has 0 amide bonds. The number of nitrogens with one attached hydrogen (secondary N) is 5. The Kier molecular flexibility index (Phi) is 18.5. The van der Waals surface area contributed by atoms with Crippen molar-refractivity contribution in [3.8, 4) is 33.9 Å². The molecule has 0 aliphatic carbocycles. The molecule has 26 heteroatoms. The Morgan fingerprint density at radius 1 is 1.01 bits per heavy atom. The number of carbonyl (C=O) groups is 4. The summed E-state index contributed by atoms with van der Waals surface area (Å²) in [7, 11) is 0. The van der Waals surface area contributed by atoms with E-state index in [0.29, 0.717) is 59.7 Å². The number of nitrogens with zero attached hydrogens (tertiary/aromatic N) is 2. The fraction of sp³-hybridized carbons (Fsp3) is 0.448. The number of fused-ring (bicyclic) bond motifs is 3. The minimum absolute atomic E-state index is 0.00474. The topological polar surface area (TPSA) is 404 Å². The van der Waals surface area contributed by atoms with Gasteiger partial charge in [-0.3, -0.25) is 10.1 Å². The molecule has 3 aliphatic heterocycles. The Labute approximate surface area is 480 Å². The third-order valence-electron chi connectivity index (χ3n) is 16.0. The molecule has 15 N–H and O–H groups in total. The molecule has 0 radical (unpaired) electrons. The smallest absolute Gasteiger partial charge is 0.337 e. The first kappa shape index (κ1) is 60.8. The number of H-pyrrole nitrogens is 1. The van der Waals surface area contributed by atoms with Gasteiger partial charge in [0.2, 0.25) is 24.2 Å². The highest BCUT2D eigenvalue weighted by Gasteiger charge is 2.75. The van der Waals surface area contributed by atoms with Gasteiger partial charge in [0, 0.05) is 54.9 Å². The second kappa shape index (κ2) is 25.6. The lowest BCUT2D eigenvalue weighted by Gasteiger charge is -2.59. The van der Waals surface area contributed by atoms with Gasteiger partial charge in [-0.05, 0) is 113 Å². The van der Waals surface area contributed by atoms with Crippen LogP contribution in [0.5, 0.6) is 11.5 Å². The van der Waals surface area contributed by atoms with E-state index in [1.165, 1.54) is 59.7 Å². The fourth-order valence-electron chi connectivity index (χ4n) is 11.8. The predicted octanol–water partition coefficient (Wildman–Crippen LogP) is -0.0133.